The molecule has 0 bridgehead atoms. The number of benzene rings is 1. The molecule has 1 aromatic rings. The van der Waals surface area contributed by atoms with Gasteiger partial charge in [-0.3, -0.25) is 9.79 Å². The highest BCUT2D eigenvalue weighted by Gasteiger charge is 2.16. The van der Waals surface area contributed by atoms with Crippen LogP contribution in [0.25, 0.3) is 0 Å². The molecular weight excluding hydrogens is 435 g/mol. The van der Waals surface area contributed by atoms with Crippen LogP contribution in [0.15, 0.2) is 23.2 Å². The minimum Gasteiger partial charge on any atom is -0.495 e. The fraction of sp³-hybridized carbons (Fsp3) is 0.529. The highest BCUT2D eigenvalue weighted by molar-refractivity contribution is 14.0. The van der Waals surface area contributed by atoms with Gasteiger partial charge in [-0.15, -0.1) is 24.0 Å². The number of carbonyl (C=O) groups excluding carboxylic acids is 1. The van der Waals surface area contributed by atoms with E-state index in [0.29, 0.717) is 30.5 Å². The number of hydrogen-bond acceptors (Lipinski definition) is 4. The summed E-state index contributed by atoms with van der Waals surface area (Å²) in [6, 6.07) is 5.63. The van der Waals surface area contributed by atoms with E-state index in [9.17, 15) is 4.79 Å². The molecule has 0 spiro atoms. The average molecular weight is 464 g/mol. The molecule has 3 N–H and O–H groups in total. The van der Waals surface area contributed by atoms with Gasteiger partial charge in [-0.25, -0.2) is 0 Å². The van der Waals surface area contributed by atoms with Gasteiger partial charge in [0.1, 0.15) is 5.75 Å². The first kappa shape index (κ1) is 23.4. The summed E-state index contributed by atoms with van der Waals surface area (Å²) in [5.41, 5.74) is 1.36. The molecule has 0 fully saturated rings. The number of halogens is 1. The fourth-order valence-corrected chi connectivity index (χ4v) is 1.93. The number of rotatable bonds is 7. The third-order valence-electron chi connectivity index (χ3n) is 3.49. The Morgan fingerprint density at radius 3 is 2.44 bits per heavy atom. The number of methoxy groups -OCH3 is 2. The van der Waals surface area contributed by atoms with Crippen molar-refractivity contribution in [2.24, 2.45) is 4.99 Å². The lowest BCUT2D eigenvalue weighted by atomic mass is 10.1. The van der Waals surface area contributed by atoms with Gasteiger partial charge in [0.2, 0.25) is 5.91 Å². The first-order valence-corrected chi connectivity index (χ1v) is 7.75. The maximum absolute atomic E-state index is 11.3. The first-order chi connectivity index (χ1) is 11.3. The van der Waals surface area contributed by atoms with Crippen molar-refractivity contribution in [3.8, 4) is 5.75 Å². The second kappa shape index (κ2) is 11.1. The molecule has 0 unspecified atom stereocenters. The predicted molar refractivity (Wildman–Crippen MR) is 112 cm³/mol. The Labute approximate surface area is 167 Å². The minimum atomic E-state index is -0.281. The molecule has 0 saturated carbocycles. The van der Waals surface area contributed by atoms with E-state index in [1.165, 1.54) is 6.92 Å². The molecular formula is C17H29IN4O3. The van der Waals surface area contributed by atoms with E-state index in [-0.39, 0.29) is 35.5 Å². The van der Waals surface area contributed by atoms with Gasteiger partial charge < -0.3 is 25.4 Å². The normalized spacial score (nSPS) is 11.4. The van der Waals surface area contributed by atoms with Crippen LogP contribution in [-0.4, -0.2) is 45.3 Å². The van der Waals surface area contributed by atoms with Crippen LogP contribution < -0.4 is 20.7 Å². The summed E-state index contributed by atoms with van der Waals surface area (Å²) >= 11 is 0. The number of anilines is 1. The van der Waals surface area contributed by atoms with Crippen molar-refractivity contribution < 1.29 is 14.3 Å². The molecule has 7 nitrogen and oxygen atoms in total. The molecule has 8 heteroatoms. The van der Waals surface area contributed by atoms with Crippen LogP contribution in [-0.2, 0) is 16.1 Å². The Morgan fingerprint density at radius 2 is 1.92 bits per heavy atom. The van der Waals surface area contributed by atoms with Crippen LogP contribution >= 0.6 is 24.0 Å². The van der Waals surface area contributed by atoms with Gasteiger partial charge in [-0.1, -0.05) is 6.07 Å². The summed E-state index contributed by atoms with van der Waals surface area (Å²) in [6.07, 6.45) is 0. The first-order valence-electron chi connectivity index (χ1n) is 7.75. The molecule has 1 rings (SSSR count). The van der Waals surface area contributed by atoms with Crippen molar-refractivity contribution in [2.45, 2.75) is 32.9 Å². The zero-order valence-corrected chi connectivity index (χ0v) is 18.1. The van der Waals surface area contributed by atoms with Gasteiger partial charge >= 0.3 is 0 Å². The minimum absolute atomic E-state index is 0. The smallest absolute Gasteiger partial charge is 0.221 e. The molecule has 1 amide bonds. The molecule has 1 aromatic carbocycles. The van der Waals surface area contributed by atoms with Gasteiger partial charge in [0, 0.05) is 34.2 Å². The Bertz CT molecular complexity index is 591. The largest absolute Gasteiger partial charge is 0.495 e. The number of amides is 1. The van der Waals surface area contributed by atoms with Crippen LogP contribution in [0, 0.1) is 0 Å². The highest BCUT2D eigenvalue weighted by atomic mass is 127. The molecule has 0 atom stereocenters. The second-order valence-electron chi connectivity index (χ2n) is 5.96. The summed E-state index contributed by atoms with van der Waals surface area (Å²) in [5.74, 6) is 1.16. The van der Waals surface area contributed by atoms with Crippen LogP contribution in [0.3, 0.4) is 0 Å². The van der Waals surface area contributed by atoms with Crippen molar-refractivity contribution in [3.63, 3.8) is 0 Å². The van der Waals surface area contributed by atoms with Gasteiger partial charge in [0.05, 0.1) is 18.4 Å². The van der Waals surface area contributed by atoms with Gasteiger partial charge in [0.25, 0.3) is 0 Å². The number of nitrogens with one attached hydrogen (secondary N) is 3. The summed E-state index contributed by atoms with van der Waals surface area (Å²) < 4.78 is 10.6. The number of aliphatic imine (C=N–C) groups is 1. The SMILES string of the molecule is CN=C(NCc1ccc(OC)c(NC(C)=O)c1)NCC(C)(C)OC.I. The lowest BCUT2D eigenvalue weighted by Crippen LogP contribution is -2.45. The number of carbonyl (C=O) groups is 1. The third-order valence-corrected chi connectivity index (χ3v) is 3.49. The number of guanidine groups is 1. The lowest BCUT2D eigenvalue weighted by Gasteiger charge is -2.24. The summed E-state index contributed by atoms with van der Waals surface area (Å²) in [7, 11) is 4.96. The van der Waals surface area contributed by atoms with Crippen LogP contribution in [0.2, 0.25) is 0 Å². The molecule has 0 aliphatic rings. The summed E-state index contributed by atoms with van der Waals surface area (Å²) in [5, 5.41) is 9.21. The van der Waals surface area contributed by atoms with Gasteiger partial charge in [0.15, 0.2) is 5.96 Å². The van der Waals surface area contributed by atoms with Crippen molar-refractivity contribution >= 4 is 41.5 Å². The molecule has 0 radical (unpaired) electrons. The Hall–Kier alpha value is -1.55. The maximum Gasteiger partial charge on any atom is 0.221 e. The summed E-state index contributed by atoms with van der Waals surface area (Å²) in [6.45, 7) is 6.65. The van der Waals surface area contributed by atoms with E-state index >= 15 is 0 Å². The topological polar surface area (TPSA) is 84.0 Å². The van der Waals surface area contributed by atoms with E-state index in [1.807, 2.05) is 32.0 Å². The molecule has 25 heavy (non-hydrogen) atoms. The number of ether oxygens (including phenoxy) is 2. The number of nitrogens with zero attached hydrogens (tertiary/aromatic N) is 1. The van der Waals surface area contributed by atoms with E-state index in [1.54, 1.807) is 21.3 Å². The quantitative estimate of drug-likeness (QED) is 0.328. The molecule has 0 saturated heterocycles. The molecule has 142 valence electrons. The second-order valence-corrected chi connectivity index (χ2v) is 5.96. The Balaban J connectivity index is 0.00000576. The standard InChI is InChI=1S/C17H28N4O3.HI/c1-12(22)21-14-9-13(7-8-15(14)23-5)10-19-16(18-4)20-11-17(2,3)24-6;/h7-9H,10-11H2,1-6H3,(H,21,22)(H2,18,19,20);1H. The average Bonchev–Trinajstić information content (AvgIpc) is 2.54. The van der Waals surface area contributed by atoms with Gasteiger partial charge in [-0.2, -0.15) is 0 Å². The molecule has 0 aliphatic heterocycles. The van der Waals surface area contributed by atoms with E-state index in [2.05, 4.69) is 20.9 Å². The molecule has 0 aliphatic carbocycles. The van der Waals surface area contributed by atoms with Crippen LogP contribution in [0.5, 0.6) is 5.75 Å². The maximum atomic E-state index is 11.3. The Morgan fingerprint density at radius 1 is 1.24 bits per heavy atom. The molecule has 0 aromatic heterocycles. The summed E-state index contributed by atoms with van der Waals surface area (Å²) in [4.78, 5) is 15.5. The lowest BCUT2D eigenvalue weighted by molar-refractivity contribution is -0.114. The van der Waals surface area contributed by atoms with Crippen molar-refractivity contribution in [1.29, 1.82) is 0 Å². The fourth-order valence-electron chi connectivity index (χ4n) is 1.93. The third kappa shape index (κ3) is 8.39. The monoisotopic (exact) mass is 464 g/mol. The predicted octanol–water partition coefficient (Wildman–Crippen LogP) is 2.36. The zero-order valence-electron chi connectivity index (χ0n) is 15.7. The molecule has 0 heterocycles. The van der Waals surface area contributed by atoms with Crippen LogP contribution in [0.4, 0.5) is 5.69 Å². The number of hydrogen-bond donors (Lipinski definition) is 3. The van der Waals surface area contributed by atoms with E-state index in [0.717, 1.165) is 5.56 Å². The van der Waals surface area contributed by atoms with Crippen molar-refractivity contribution in [2.75, 3.05) is 33.1 Å². The van der Waals surface area contributed by atoms with E-state index < -0.39 is 0 Å². The highest BCUT2D eigenvalue weighted by Crippen LogP contribution is 2.25. The van der Waals surface area contributed by atoms with Gasteiger partial charge in [-0.05, 0) is 31.5 Å². The van der Waals surface area contributed by atoms with Crippen molar-refractivity contribution in [1.82, 2.24) is 10.6 Å². The van der Waals surface area contributed by atoms with Crippen LogP contribution in [0.1, 0.15) is 26.3 Å². The Kier molecular flexibility index (Phi) is 10.4. The van der Waals surface area contributed by atoms with Crippen molar-refractivity contribution in [3.05, 3.63) is 23.8 Å². The zero-order chi connectivity index (χ0) is 18.2. The van der Waals surface area contributed by atoms with E-state index in [4.69, 9.17) is 9.47 Å².